The number of thioether (sulfide) groups is 1. The fourth-order valence-corrected chi connectivity index (χ4v) is 10.2. The van der Waals surface area contributed by atoms with Crippen LogP contribution in [0.15, 0.2) is 186 Å². The molecule has 2 N–H and O–H groups in total. The zero-order valence-corrected chi connectivity index (χ0v) is 39.1. The third-order valence-electron chi connectivity index (χ3n) is 10.9. The lowest BCUT2D eigenvalue weighted by molar-refractivity contribution is -0.154. The number of hydrogen-bond donors (Lipinski definition) is 2. The van der Waals surface area contributed by atoms with Crippen molar-refractivity contribution >= 4 is 69.3 Å². The van der Waals surface area contributed by atoms with Crippen LogP contribution in [0.1, 0.15) is 60.4 Å². The summed E-state index contributed by atoms with van der Waals surface area (Å²) in [6.07, 6.45) is -0.774. The smallest absolute Gasteiger partial charge is 0.376 e. The van der Waals surface area contributed by atoms with Crippen molar-refractivity contribution < 1.29 is 33.5 Å². The molecule has 6 aromatic rings. The highest BCUT2D eigenvalue weighted by Crippen LogP contribution is 2.43. The first-order valence-electron chi connectivity index (χ1n) is 21.3. The number of hydrogen-bond acceptors (Lipinski definition) is 12. The van der Waals surface area contributed by atoms with Gasteiger partial charge >= 0.3 is 11.9 Å². The Labute approximate surface area is 401 Å². The van der Waals surface area contributed by atoms with Gasteiger partial charge in [-0.3, -0.25) is 14.5 Å². The number of thiazole rings is 1. The number of fused-ring (bicyclic) bond motifs is 1. The number of nitrogens with zero attached hydrogens (tertiary/aromatic N) is 3. The van der Waals surface area contributed by atoms with Gasteiger partial charge in [0.15, 0.2) is 16.9 Å². The number of carbonyl (C=O) groups excluding carboxylic acids is 4. The zero-order valence-electron chi connectivity index (χ0n) is 36.8. The number of esters is 2. The number of rotatable bonds is 16. The Balaban J connectivity index is 1.09. The number of amides is 2. The van der Waals surface area contributed by atoms with E-state index in [0.29, 0.717) is 16.5 Å². The Morgan fingerprint density at radius 3 is 1.82 bits per heavy atom. The number of anilines is 1. The van der Waals surface area contributed by atoms with Crippen molar-refractivity contribution in [3.8, 4) is 0 Å². The maximum Gasteiger partial charge on any atom is 0.376 e. The van der Waals surface area contributed by atoms with Gasteiger partial charge in [-0.25, -0.2) is 14.6 Å². The minimum atomic E-state index is -1.10. The maximum atomic E-state index is 14.5. The Kier molecular flexibility index (Phi) is 14.1. The normalized spacial score (nSPS) is 16.1. The Hall–Kier alpha value is -7.00. The summed E-state index contributed by atoms with van der Waals surface area (Å²) in [6.45, 7) is 8.75. The first-order chi connectivity index (χ1) is 32.4. The summed E-state index contributed by atoms with van der Waals surface area (Å²) in [7, 11) is 0. The highest BCUT2D eigenvalue weighted by Gasteiger charge is 2.55. The van der Waals surface area contributed by atoms with Crippen molar-refractivity contribution in [1.82, 2.24) is 15.2 Å². The first-order valence-corrected chi connectivity index (χ1v) is 23.8. The van der Waals surface area contributed by atoms with Gasteiger partial charge in [0, 0.05) is 17.0 Å². The standard InChI is InChI=1S/C52H46ClN5O7S2/c1-33(48(61)64-51(2,3)4)65-57-41(40-32-67-50(54-40)56-52(37-24-14-7-15-25-37,38-26-16-8-17-27-38)39-28-18-9-19-29-39)45(59)55-42-46(60)58-43(36(30-53)31-66-47(42)58)49(62)63-44(34-20-10-5-11-21-34)35-22-12-6-13-23-35/h5-29,32,42,44,47H,1,30-31H2,2-4H3,(H,54,56)(H,55,59)/t42-,47+/m1/s1. The zero-order chi connectivity index (χ0) is 47.1. The van der Waals surface area contributed by atoms with Crippen molar-refractivity contribution in [2.45, 2.75) is 49.4 Å². The second-order valence-electron chi connectivity index (χ2n) is 16.5. The van der Waals surface area contributed by atoms with Gasteiger partial charge in [-0.2, -0.15) is 0 Å². The predicted molar refractivity (Wildman–Crippen MR) is 261 cm³/mol. The lowest BCUT2D eigenvalue weighted by atomic mass is 9.77. The lowest BCUT2D eigenvalue weighted by Gasteiger charge is -2.49. The summed E-state index contributed by atoms with van der Waals surface area (Å²) < 4.78 is 11.6. The molecule has 1 saturated heterocycles. The molecule has 0 spiro atoms. The lowest BCUT2D eigenvalue weighted by Crippen LogP contribution is -2.71. The molecular formula is C52H46ClN5O7S2. The summed E-state index contributed by atoms with van der Waals surface area (Å²) >= 11 is 8.96. The van der Waals surface area contributed by atoms with Crippen molar-refractivity contribution in [3.05, 3.63) is 214 Å². The number of aromatic nitrogens is 1. The number of benzene rings is 5. The topological polar surface area (TPSA) is 149 Å². The van der Waals surface area contributed by atoms with Gasteiger partial charge in [-0.15, -0.1) is 34.7 Å². The Bertz CT molecular complexity index is 2680. The SMILES string of the molecule is C=C(ON=C(C(=O)N[C@@H]1C(=O)N2C(C(=O)OC(c3ccccc3)c3ccccc3)=C(CCl)CS[C@@H]12)c1csc(NC(c2ccccc2)(c2ccccc2)c2ccccc2)n1)C(=O)OC(C)(C)C. The molecule has 2 amide bonds. The number of nitrogens with one attached hydrogen (secondary N) is 2. The number of oxime groups is 1. The van der Waals surface area contributed by atoms with E-state index in [1.807, 2.05) is 152 Å². The summed E-state index contributed by atoms with van der Waals surface area (Å²) in [5, 5.41) is 12.0. The molecule has 3 heterocycles. The van der Waals surface area contributed by atoms with Crippen LogP contribution in [-0.2, 0) is 39.0 Å². The van der Waals surface area contributed by atoms with E-state index in [4.69, 9.17) is 30.9 Å². The molecule has 340 valence electrons. The highest BCUT2D eigenvalue weighted by atomic mass is 35.5. The van der Waals surface area contributed by atoms with Gasteiger partial charge in [0.1, 0.15) is 33.9 Å². The number of β-lactam (4-membered cyclic amide) rings is 1. The number of halogens is 1. The van der Waals surface area contributed by atoms with Crippen molar-refractivity contribution in [1.29, 1.82) is 0 Å². The van der Waals surface area contributed by atoms with E-state index in [9.17, 15) is 19.2 Å². The molecule has 0 aliphatic carbocycles. The quantitative estimate of drug-likeness (QED) is 0.0141. The van der Waals surface area contributed by atoms with E-state index in [0.717, 1.165) is 27.8 Å². The molecule has 2 aliphatic rings. The van der Waals surface area contributed by atoms with E-state index >= 15 is 0 Å². The molecule has 1 fully saturated rings. The van der Waals surface area contributed by atoms with E-state index in [-0.39, 0.29) is 23.0 Å². The van der Waals surface area contributed by atoms with Gasteiger partial charge < -0.3 is 24.9 Å². The minimum absolute atomic E-state index is 0.0255. The third-order valence-corrected chi connectivity index (χ3v) is 13.3. The molecule has 67 heavy (non-hydrogen) atoms. The molecule has 5 aromatic carbocycles. The molecule has 0 bridgehead atoms. The number of ether oxygens (including phenoxy) is 2. The van der Waals surface area contributed by atoms with Crippen LogP contribution in [0.2, 0.25) is 0 Å². The average molecular weight is 953 g/mol. The van der Waals surface area contributed by atoms with Crippen LogP contribution in [0.25, 0.3) is 0 Å². The van der Waals surface area contributed by atoms with Crippen LogP contribution >= 0.6 is 34.7 Å². The Morgan fingerprint density at radius 2 is 1.33 bits per heavy atom. The van der Waals surface area contributed by atoms with Crippen molar-refractivity contribution in [3.63, 3.8) is 0 Å². The third kappa shape index (κ3) is 10.1. The molecule has 0 saturated carbocycles. The minimum Gasteiger partial charge on any atom is -0.454 e. The van der Waals surface area contributed by atoms with Gasteiger partial charge in [-0.05, 0) is 60.7 Å². The van der Waals surface area contributed by atoms with Gasteiger partial charge in [0.2, 0.25) is 5.76 Å². The van der Waals surface area contributed by atoms with E-state index in [2.05, 4.69) is 22.4 Å². The number of alkyl halides is 1. The monoisotopic (exact) mass is 951 g/mol. The van der Waals surface area contributed by atoms with Gasteiger partial charge in [0.25, 0.3) is 11.8 Å². The van der Waals surface area contributed by atoms with E-state index < -0.39 is 58.2 Å². The van der Waals surface area contributed by atoms with Gasteiger partial charge in [-0.1, -0.05) is 157 Å². The van der Waals surface area contributed by atoms with Crippen LogP contribution < -0.4 is 10.6 Å². The summed E-state index contributed by atoms with van der Waals surface area (Å²) in [4.78, 5) is 67.5. The molecule has 0 radical (unpaired) electrons. The molecule has 2 aliphatic heterocycles. The second kappa shape index (κ2) is 20.3. The van der Waals surface area contributed by atoms with Crippen LogP contribution in [0.4, 0.5) is 5.13 Å². The number of carbonyl (C=O) groups is 4. The summed E-state index contributed by atoms with van der Waals surface area (Å²) in [5.41, 5.74) is 2.72. The Morgan fingerprint density at radius 1 is 0.821 bits per heavy atom. The van der Waals surface area contributed by atoms with Crippen molar-refractivity contribution in [2.75, 3.05) is 16.9 Å². The molecule has 15 heteroatoms. The molecule has 0 unspecified atom stereocenters. The van der Waals surface area contributed by atoms with E-state index in [1.54, 1.807) is 26.2 Å². The largest absolute Gasteiger partial charge is 0.454 e. The molecular weight excluding hydrogens is 906 g/mol. The van der Waals surface area contributed by atoms with Crippen LogP contribution in [0.3, 0.4) is 0 Å². The molecule has 1 aromatic heterocycles. The fourth-order valence-electron chi connectivity index (χ4n) is 7.79. The maximum absolute atomic E-state index is 14.5. The fraction of sp³-hybridized carbons (Fsp3) is 0.192. The average Bonchev–Trinajstić information content (AvgIpc) is 3.82. The van der Waals surface area contributed by atoms with Gasteiger partial charge in [0.05, 0.1) is 0 Å². The highest BCUT2D eigenvalue weighted by molar-refractivity contribution is 8.00. The molecule has 2 atom stereocenters. The van der Waals surface area contributed by atoms with Crippen molar-refractivity contribution in [2.24, 2.45) is 5.16 Å². The summed E-state index contributed by atoms with van der Waals surface area (Å²) in [6, 6.07) is 47.3. The van der Waals surface area contributed by atoms with Crippen LogP contribution in [0, 0.1) is 0 Å². The predicted octanol–water partition coefficient (Wildman–Crippen LogP) is 9.35. The summed E-state index contributed by atoms with van der Waals surface area (Å²) in [5.74, 6) is -3.23. The van der Waals surface area contributed by atoms with Crippen LogP contribution in [0.5, 0.6) is 0 Å². The molecule has 8 rings (SSSR count). The molecule has 12 nitrogen and oxygen atoms in total. The second-order valence-corrected chi connectivity index (χ2v) is 18.8. The first kappa shape index (κ1) is 46.5. The van der Waals surface area contributed by atoms with Crippen LogP contribution in [-0.4, -0.2) is 68.0 Å². The van der Waals surface area contributed by atoms with E-state index in [1.165, 1.54) is 28.0 Å².